The fraction of sp³-hybridized carbons (Fsp3) is 0.200. The van der Waals surface area contributed by atoms with Crippen molar-refractivity contribution in [3.63, 3.8) is 0 Å². The van der Waals surface area contributed by atoms with Gasteiger partial charge in [0.15, 0.2) is 11.6 Å². The van der Waals surface area contributed by atoms with Crippen molar-refractivity contribution < 1.29 is 13.5 Å². The highest BCUT2D eigenvalue weighted by Gasteiger charge is 2.12. The van der Waals surface area contributed by atoms with E-state index in [1.54, 1.807) is 7.11 Å². The summed E-state index contributed by atoms with van der Waals surface area (Å²) in [6.07, 6.45) is 0. The molecule has 0 aromatic heterocycles. The van der Waals surface area contributed by atoms with Gasteiger partial charge in [-0.1, -0.05) is 30.3 Å². The van der Waals surface area contributed by atoms with E-state index in [2.05, 4.69) is 5.32 Å². The Kier molecular flexibility index (Phi) is 4.47. The first-order chi connectivity index (χ1) is 9.20. The number of hydrogen-bond donors (Lipinski definition) is 1. The van der Waals surface area contributed by atoms with E-state index >= 15 is 0 Å². The molecule has 2 rings (SSSR count). The summed E-state index contributed by atoms with van der Waals surface area (Å²) in [6.45, 7) is 0.434. The van der Waals surface area contributed by atoms with Gasteiger partial charge < -0.3 is 10.1 Å². The highest BCUT2D eigenvalue weighted by Crippen LogP contribution is 2.21. The summed E-state index contributed by atoms with van der Waals surface area (Å²) in [5.41, 5.74) is 1.54. The third-order valence-electron chi connectivity index (χ3n) is 2.80. The number of anilines is 1. The molecule has 2 aromatic rings. The van der Waals surface area contributed by atoms with Gasteiger partial charge in [0.25, 0.3) is 0 Å². The summed E-state index contributed by atoms with van der Waals surface area (Å²) in [5, 5.41) is 3.13. The Labute approximate surface area is 111 Å². The molecule has 0 aliphatic rings. The summed E-state index contributed by atoms with van der Waals surface area (Å²) in [6, 6.07) is 13.3. The van der Waals surface area contributed by atoms with Gasteiger partial charge in [0.05, 0.1) is 12.6 Å². The standard InChI is InChI=1S/C15H15F2NO/c1-19-10-15(11-5-3-2-4-6-11)18-12-7-8-13(16)14(17)9-12/h2-9,15,18H,10H2,1H3. The van der Waals surface area contributed by atoms with Crippen LogP contribution in [0.4, 0.5) is 14.5 Å². The summed E-state index contributed by atoms with van der Waals surface area (Å²) < 4.78 is 31.2. The Balaban J connectivity index is 2.19. The molecule has 0 amide bonds. The first kappa shape index (κ1) is 13.5. The minimum atomic E-state index is -0.866. The lowest BCUT2D eigenvalue weighted by molar-refractivity contribution is 0.186. The molecular weight excluding hydrogens is 248 g/mol. The SMILES string of the molecule is COCC(Nc1ccc(F)c(F)c1)c1ccccc1. The molecule has 0 aliphatic carbocycles. The molecular formula is C15H15F2NO. The van der Waals surface area contributed by atoms with Gasteiger partial charge in [-0.2, -0.15) is 0 Å². The van der Waals surface area contributed by atoms with Gasteiger partial charge in [0, 0.05) is 18.9 Å². The normalized spacial score (nSPS) is 12.2. The summed E-state index contributed by atoms with van der Waals surface area (Å²) in [7, 11) is 1.60. The lowest BCUT2D eigenvalue weighted by atomic mass is 10.1. The molecule has 1 unspecified atom stereocenters. The minimum Gasteiger partial charge on any atom is -0.382 e. The lowest BCUT2D eigenvalue weighted by Crippen LogP contribution is -2.16. The van der Waals surface area contributed by atoms with Crippen LogP contribution in [0.25, 0.3) is 0 Å². The maximum absolute atomic E-state index is 13.2. The number of nitrogens with one attached hydrogen (secondary N) is 1. The van der Waals surface area contributed by atoms with Crippen molar-refractivity contribution in [3.05, 3.63) is 65.7 Å². The van der Waals surface area contributed by atoms with Crippen LogP contribution in [-0.2, 0) is 4.74 Å². The molecule has 1 atom stereocenters. The van der Waals surface area contributed by atoms with Crippen LogP contribution in [0.2, 0.25) is 0 Å². The second kappa shape index (κ2) is 6.29. The van der Waals surface area contributed by atoms with E-state index in [0.717, 1.165) is 17.7 Å². The average Bonchev–Trinajstić information content (AvgIpc) is 2.43. The molecule has 2 nitrogen and oxygen atoms in total. The third-order valence-corrected chi connectivity index (χ3v) is 2.80. The maximum Gasteiger partial charge on any atom is 0.160 e. The highest BCUT2D eigenvalue weighted by molar-refractivity contribution is 5.46. The number of methoxy groups -OCH3 is 1. The maximum atomic E-state index is 13.2. The van der Waals surface area contributed by atoms with E-state index in [1.165, 1.54) is 6.07 Å². The molecule has 0 aliphatic heterocycles. The molecule has 0 bridgehead atoms. The molecule has 0 heterocycles. The first-order valence-corrected chi connectivity index (χ1v) is 5.96. The van der Waals surface area contributed by atoms with E-state index in [-0.39, 0.29) is 6.04 Å². The van der Waals surface area contributed by atoms with E-state index in [1.807, 2.05) is 30.3 Å². The van der Waals surface area contributed by atoms with Gasteiger partial charge in [-0.3, -0.25) is 0 Å². The fourth-order valence-corrected chi connectivity index (χ4v) is 1.86. The number of rotatable bonds is 5. The Bertz CT molecular complexity index is 531. The van der Waals surface area contributed by atoms with Crippen LogP contribution in [0, 0.1) is 11.6 Å². The fourth-order valence-electron chi connectivity index (χ4n) is 1.86. The number of halogens is 2. The van der Waals surface area contributed by atoms with Crippen LogP contribution in [0.15, 0.2) is 48.5 Å². The zero-order valence-electron chi connectivity index (χ0n) is 10.6. The zero-order valence-corrected chi connectivity index (χ0v) is 10.6. The Morgan fingerprint density at radius 1 is 1.05 bits per heavy atom. The van der Waals surface area contributed by atoms with Crippen molar-refractivity contribution in [2.45, 2.75) is 6.04 Å². The quantitative estimate of drug-likeness (QED) is 0.886. The molecule has 4 heteroatoms. The molecule has 2 aromatic carbocycles. The van der Waals surface area contributed by atoms with Gasteiger partial charge in [-0.15, -0.1) is 0 Å². The number of benzene rings is 2. The number of ether oxygens (including phenoxy) is 1. The molecule has 100 valence electrons. The van der Waals surface area contributed by atoms with Crippen molar-refractivity contribution in [1.82, 2.24) is 0 Å². The molecule has 0 fully saturated rings. The van der Waals surface area contributed by atoms with Crippen LogP contribution >= 0.6 is 0 Å². The van der Waals surface area contributed by atoms with Crippen LogP contribution in [0.3, 0.4) is 0 Å². The molecule has 0 saturated carbocycles. The first-order valence-electron chi connectivity index (χ1n) is 5.96. The number of hydrogen-bond acceptors (Lipinski definition) is 2. The predicted molar refractivity (Wildman–Crippen MR) is 71.0 cm³/mol. The third kappa shape index (κ3) is 3.51. The highest BCUT2D eigenvalue weighted by atomic mass is 19.2. The van der Waals surface area contributed by atoms with Crippen LogP contribution < -0.4 is 5.32 Å². The van der Waals surface area contributed by atoms with Gasteiger partial charge >= 0.3 is 0 Å². The van der Waals surface area contributed by atoms with Gasteiger partial charge in [0.1, 0.15) is 0 Å². The average molecular weight is 263 g/mol. The van der Waals surface area contributed by atoms with Crippen molar-refractivity contribution in [2.24, 2.45) is 0 Å². The van der Waals surface area contributed by atoms with Crippen LogP contribution in [-0.4, -0.2) is 13.7 Å². The van der Waals surface area contributed by atoms with E-state index in [4.69, 9.17) is 4.74 Å². The smallest absolute Gasteiger partial charge is 0.160 e. The molecule has 0 radical (unpaired) electrons. The van der Waals surface area contributed by atoms with E-state index in [0.29, 0.717) is 12.3 Å². The molecule has 19 heavy (non-hydrogen) atoms. The zero-order chi connectivity index (χ0) is 13.7. The summed E-state index contributed by atoms with van der Waals surface area (Å²) in [5.74, 6) is -1.72. The van der Waals surface area contributed by atoms with Gasteiger partial charge in [-0.25, -0.2) is 8.78 Å². The van der Waals surface area contributed by atoms with Gasteiger partial charge in [-0.05, 0) is 17.7 Å². The Morgan fingerprint density at radius 3 is 2.42 bits per heavy atom. The second-order valence-corrected chi connectivity index (χ2v) is 4.19. The van der Waals surface area contributed by atoms with Crippen molar-refractivity contribution >= 4 is 5.69 Å². The Morgan fingerprint density at radius 2 is 1.79 bits per heavy atom. The Hall–Kier alpha value is -1.94. The topological polar surface area (TPSA) is 21.3 Å². The monoisotopic (exact) mass is 263 g/mol. The van der Waals surface area contributed by atoms with Crippen molar-refractivity contribution in [2.75, 3.05) is 19.0 Å². The van der Waals surface area contributed by atoms with E-state index in [9.17, 15) is 8.78 Å². The predicted octanol–water partition coefficient (Wildman–Crippen LogP) is 3.76. The van der Waals surface area contributed by atoms with Gasteiger partial charge in [0.2, 0.25) is 0 Å². The largest absolute Gasteiger partial charge is 0.382 e. The lowest BCUT2D eigenvalue weighted by Gasteiger charge is -2.19. The second-order valence-electron chi connectivity index (χ2n) is 4.19. The minimum absolute atomic E-state index is 0.115. The van der Waals surface area contributed by atoms with Crippen molar-refractivity contribution in [3.8, 4) is 0 Å². The molecule has 1 N–H and O–H groups in total. The van der Waals surface area contributed by atoms with Crippen molar-refractivity contribution in [1.29, 1.82) is 0 Å². The van der Waals surface area contributed by atoms with Crippen LogP contribution in [0.5, 0.6) is 0 Å². The summed E-state index contributed by atoms with van der Waals surface area (Å²) >= 11 is 0. The van der Waals surface area contributed by atoms with Crippen LogP contribution in [0.1, 0.15) is 11.6 Å². The molecule has 0 saturated heterocycles. The van der Waals surface area contributed by atoms with E-state index < -0.39 is 11.6 Å². The summed E-state index contributed by atoms with van der Waals surface area (Å²) in [4.78, 5) is 0. The molecule has 0 spiro atoms.